The molecule has 1 N–H and O–H groups in total. The van der Waals surface area contributed by atoms with Crippen molar-refractivity contribution in [3.63, 3.8) is 0 Å². The van der Waals surface area contributed by atoms with Crippen LogP contribution in [0.25, 0.3) is 65.7 Å². The summed E-state index contributed by atoms with van der Waals surface area (Å²) in [7, 11) is 0. The Morgan fingerprint density at radius 2 is 1.16 bits per heavy atom. The summed E-state index contributed by atoms with van der Waals surface area (Å²) < 4.78 is 13.2. The highest BCUT2D eigenvalue weighted by Gasteiger charge is 2.28. The van der Waals surface area contributed by atoms with Gasteiger partial charge in [-0.25, -0.2) is 0 Å². The minimum Gasteiger partial charge on any atom is -0.464 e. The van der Waals surface area contributed by atoms with Crippen LogP contribution >= 0.6 is 0 Å². The summed E-state index contributed by atoms with van der Waals surface area (Å²) in [6, 6.07) is 68.6. The maximum atomic E-state index is 6.84. The monoisotopic (exact) mass is 706 g/mol. The lowest BCUT2D eigenvalue weighted by Gasteiger charge is -2.28. The lowest BCUT2D eigenvalue weighted by Crippen LogP contribution is -2.11. The Kier molecular flexibility index (Phi) is 7.20. The van der Waals surface area contributed by atoms with Crippen molar-refractivity contribution in [2.24, 2.45) is 0 Å². The Balaban J connectivity index is 1.17. The summed E-state index contributed by atoms with van der Waals surface area (Å²) in [6.45, 7) is 0. The maximum Gasteiger partial charge on any atom is 0.196 e. The molecule has 10 aromatic rings. The third kappa shape index (κ3) is 5.14. The van der Waals surface area contributed by atoms with Gasteiger partial charge in [-0.1, -0.05) is 140 Å². The van der Waals surface area contributed by atoms with Crippen LogP contribution in [0.2, 0.25) is 0 Å². The zero-order valence-electron chi connectivity index (χ0n) is 29.8. The summed E-state index contributed by atoms with van der Waals surface area (Å²) in [4.78, 5) is 2.38. The van der Waals surface area contributed by atoms with Gasteiger partial charge >= 0.3 is 0 Å². The van der Waals surface area contributed by atoms with E-state index in [1.54, 1.807) is 0 Å². The Hall–Kier alpha value is -7.30. The molecule has 0 amide bonds. The first-order chi connectivity index (χ1) is 27.3. The fourth-order valence-corrected chi connectivity index (χ4v) is 8.40. The second kappa shape index (κ2) is 12.7. The predicted molar refractivity (Wildman–Crippen MR) is 228 cm³/mol. The molecule has 1 atom stereocenters. The molecule has 11 rings (SSSR count). The van der Waals surface area contributed by atoms with Gasteiger partial charge in [0.05, 0.1) is 11.4 Å². The van der Waals surface area contributed by atoms with Gasteiger partial charge in [-0.3, -0.25) is 0 Å². The first-order valence-electron chi connectivity index (χ1n) is 18.7. The van der Waals surface area contributed by atoms with E-state index in [-0.39, 0.29) is 6.23 Å². The molecule has 4 nitrogen and oxygen atoms in total. The molecule has 1 aromatic heterocycles. The lowest BCUT2D eigenvalue weighted by molar-refractivity contribution is 0.263. The van der Waals surface area contributed by atoms with Crippen molar-refractivity contribution in [2.75, 3.05) is 10.2 Å². The molecule has 0 saturated carbocycles. The Labute approximate surface area is 318 Å². The van der Waals surface area contributed by atoms with Gasteiger partial charge in [-0.05, 0) is 87.4 Å². The van der Waals surface area contributed by atoms with Crippen LogP contribution in [0.1, 0.15) is 11.8 Å². The number of para-hydroxylation sites is 3. The fraction of sp³-hybridized carbons (Fsp3) is 0.0196. The second-order valence-electron chi connectivity index (χ2n) is 14.1. The van der Waals surface area contributed by atoms with Crippen LogP contribution < -0.4 is 15.0 Å². The van der Waals surface area contributed by atoms with Gasteiger partial charge < -0.3 is 19.4 Å². The van der Waals surface area contributed by atoms with Gasteiger partial charge in [0.2, 0.25) is 0 Å². The number of anilines is 4. The van der Waals surface area contributed by atoms with E-state index < -0.39 is 0 Å². The van der Waals surface area contributed by atoms with Crippen LogP contribution in [0.15, 0.2) is 199 Å². The predicted octanol–water partition coefficient (Wildman–Crippen LogP) is 14.2. The van der Waals surface area contributed by atoms with Gasteiger partial charge in [-0.15, -0.1) is 0 Å². The van der Waals surface area contributed by atoms with Crippen LogP contribution in [0.4, 0.5) is 22.7 Å². The number of hydrogen-bond donors (Lipinski definition) is 1. The molecule has 0 fully saturated rings. The second-order valence-corrected chi connectivity index (χ2v) is 14.1. The van der Waals surface area contributed by atoms with Crippen LogP contribution in [-0.4, -0.2) is 0 Å². The molecule has 0 saturated heterocycles. The highest BCUT2D eigenvalue weighted by atomic mass is 16.5. The van der Waals surface area contributed by atoms with Crippen molar-refractivity contribution in [1.82, 2.24) is 0 Å². The highest BCUT2D eigenvalue weighted by Crippen LogP contribution is 2.50. The number of furan rings is 1. The van der Waals surface area contributed by atoms with Crippen molar-refractivity contribution in [3.8, 4) is 28.0 Å². The number of nitrogens with one attached hydrogen (secondary N) is 1. The van der Waals surface area contributed by atoms with Gasteiger partial charge in [0, 0.05) is 38.7 Å². The average molecular weight is 707 g/mol. The summed E-state index contributed by atoms with van der Waals surface area (Å²) in [5, 5.41) is 10.4. The normalized spacial score (nSPS) is 13.6. The summed E-state index contributed by atoms with van der Waals surface area (Å²) in [6.07, 6.45) is -0.275. The summed E-state index contributed by atoms with van der Waals surface area (Å²) in [5.74, 6) is 0.873. The minimum atomic E-state index is -0.275. The van der Waals surface area contributed by atoms with Crippen LogP contribution in [0, 0.1) is 0 Å². The lowest BCUT2D eigenvalue weighted by atomic mass is 9.92. The number of fused-ring (bicyclic) bond motifs is 8. The van der Waals surface area contributed by atoms with E-state index in [1.807, 2.05) is 18.2 Å². The van der Waals surface area contributed by atoms with Crippen molar-refractivity contribution >= 4 is 66.2 Å². The molecule has 0 spiro atoms. The topological polar surface area (TPSA) is 37.6 Å². The van der Waals surface area contributed by atoms with E-state index in [0.29, 0.717) is 0 Å². The quantitative estimate of drug-likeness (QED) is 0.175. The molecular weight excluding hydrogens is 673 g/mol. The van der Waals surface area contributed by atoms with Gasteiger partial charge in [0.25, 0.3) is 0 Å². The standard InChI is InChI=1S/C51H34N2O2/c1-4-15-33(16-5-1)42-31-35-27-30-44-50(55-51(52-44)34-17-6-2-7-18-34)48(35)43-32-37(28-29-38(42)43)53(36-19-8-3-9-20-36)45-24-12-10-21-39(45)40-23-14-26-47-49(40)41-22-11-13-25-46(41)54-47/h1-32,51-52H. The Bertz CT molecular complexity index is 3050. The summed E-state index contributed by atoms with van der Waals surface area (Å²) in [5.41, 5.74) is 11.6. The van der Waals surface area contributed by atoms with Crippen LogP contribution in [0.3, 0.4) is 0 Å². The van der Waals surface area contributed by atoms with Crippen molar-refractivity contribution in [3.05, 3.63) is 200 Å². The van der Waals surface area contributed by atoms with E-state index in [1.165, 1.54) is 16.5 Å². The van der Waals surface area contributed by atoms with Crippen molar-refractivity contribution in [1.29, 1.82) is 0 Å². The number of benzene rings is 9. The molecule has 0 aliphatic carbocycles. The molecule has 1 aliphatic heterocycles. The molecule has 260 valence electrons. The zero-order valence-corrected chi connectivity index (χ0v) is 29.8. The molecule has 55 heavy (non-hydrogen) atoms. The molecule has 9 aromatic carbocycles. The van der Waals surface area contributed by atoms with E-state index in [4.69, 9.17) is 9.15 Å². The van der Waals surface area contributed by atoms with Crippen molar-refractivity contribution < 1.29 is 9.15 Å². The first-order valence-corrected chi connectivity index (χ1v) is 18.7. The first kappa shape index (κ1) is 31.2. The van der Waals surface area contributed by atoms with Gasteiger partial charge in [0.1, 0.15) is 11.2 Å². The number of nitrogens with zero attached hydrogens (tertiary/aromatic N) is 1. The van der Waals surface area contributed by atoms with E-state index >= 15 is 0 Å². The number of rotatable bonds is 6. The highest BCUT2D eigenvalue weighted by molar-refractivity contribution is 6.19. The van der Waals surface area contributed by atoms with Gasteiger partial charge in [-0.2, -0.15) is 0 Å². The molecule has 0 radical (unpaired) electrons. The van der Waals surface area contributed by atoms with E-state index in [0.717, 1.165) is 83.3 Å². The van der Waals surface area contributed by atoms with Gasteiger partial charge in [0.15, 0.2) is 12.0 Å². The molecule has 1 aliphatic rings. The largest absolute Gasteiger partial charge is 0.464 e. The molecule has 0 bridgehead atoms. The SMILES string of the molecule is c1ccc(-c2cc3ccc4c(c3c3cc(N(c5ccccc5)c5ccccc5-c5cccc6oc7ccccc7c56)ccc23)OC(c2ccccc2)N4)cc1. The molecule has 4 heteroatoms. The molecule has 1 unspecified atom stereocenters. The Morgan fingerprint density at radius 3 is 2.02 bits per heavy atom. The maximum absolute atomic E-state index is 6.84. The molecular formula is C51H34N2O2. The third-order valence-corrected chi connectivity index (χ3v) is 10.9. The van der Waals surface area contributed by atoms with Crippen LogP contribution in [0.5, 0.6) is 5.75 Å². The fourth-order valence-electron chi connectivity index (χ4n) is 8.40. The summed E-state index contributed by atoms with van der Waals surface area (Å²) >= 11 is 0. The van der Waals surface area contributed by atoms with Crippen LogP contribution in [-0.2, 0) is 0 Å². The van der Waals surface area contributed by atoms with E-state index in [9.17, 15) is 0 Å². The average Bonchev–Trinajstić information content (AvgIpc) is 3.87. The van der Waals surface area contributed by atoms with E-state index in [2.05, 4.69) is 186 Å². The number of ether oxygens (including phenoxy) is 1. The Morgan fingerprint density at radius 1 is 0.455 bits per heavy atom. The molecule has 2 heterocycles. The minimum absolute atomic E-state index is 0.275. The third-order valence-electron chi connectivity index (χ3n) is 10.9. The zero-order chi connectivity index (χ0) is 36.3. The smallest absolute Gasteiger partial charge is 0.196 e. The number of hydrogen-bond acceptors (Lipinski definition) is 4. The van der Waals surface area contributed by atoms with Crippen molar-refractivity contribution in [2.45, 2.75) is 6.23 Å².